The van der Waals surface area contributed by atoms with Crippen molar-refractivity contribution in [2.24, 2.45) is 0 Å². The summed E-state index contributed by atoms with van der Waals surface area (Å²) in [6.45, 7) is 4.45. The van der Waals surface area contributed by atoms with Gasteiger partial charge < -0.3 is 18.9 Å². The van der Waals surface area contributed by atoms with Gasteiger partial charge in [-0.15, -0.1) is 0 Å². The number of carbonyl (C=O) groups is 1. The van der Waals surface area contributed by atoms with Gasteiger partial charge in [0.1, 0.15) is 29.3 Å². The van der Waals surface area contributed by atoms with E-state index in [1.54, 1.807) is 13.3 Å². The summed E-state index contributed by atoms with van der Waals surface area (Å²) in [7, 11) is 0. The van der Waals surface area contributed by atoms with Crippen molar-refractivity contribution in [1.29, 1.82) is 0 Å². The Bertz CT molecular complexity index is 865. The average Bonchev–Trinajstić information content (AvgIpc) is 3.33. The van der Waals surface area contributed by atoms with Gasteiger partial charge in [0.2, 0.25) is 0 Å². The van der Waals surface area contributed by atoms with E-state index in [0.717, 1.165) is 24.7 Å². The molecule has 0 aliphatic carbocycles. The summed E-state index contributed by atoms with van der Waals surface area (Å²) in [5, 5.41) is 3.68. The minimum atomic E-state index is -0.0332. The zero-order valence-electron chi connectivity index (χ0n) is 13.9. The van der Waals surface area contributed by atoms with E-state index in [4.69, 9.17) is 4.52 Å². The molecule has 0 atom stereocenters. The van der Waals surface area contributed by atoms with Crippen LogP contribution in [0.4, 0.5) is 5.82 Å². The Balaban J connectivity index is 1.45. The van der Waals surface area contributed by atoms with Crippen LogP contribution in [0.5, 0.6) is 0 Å². The van der Waals surface area contributed by atoms with Gasteiger partial charge in [-0.05, 0) is 19.1 Å². The van der Waals surface area contributed by atoms with Gasteiger partial charge in [0.25, 0.3) is 5.91 Å². The van der Waals surface area contributed by atoms with Crippen molar-refractivity contribution in [3.63, 3.8) is 0 Å². The fourth-order valence-electron chi connectivity index (χ4n) is 2.95. The minimum absolute atomic E-state index is 0.0332. The molecule has 0 unspecified atom stereocenters. The molecule has 25 heavy (non-hydrogen) atoms. The SMILES string of the molecule is Cc1oncc1C(=O)N1CCN(c2cc(-n3cccc3)ncn2)CC1. The maximum Gasteiger partial charge on any atom is 0.259 e. The molecule has 0 bridgehead atoms. The number of nitrogens with zero attached hydrogens (tertiary/aromatic N) is 6. The van der Waals surface area contributed by atoms with E-state index < -0.39 is 0 Å². The lowest BCUT2D eigenvalue weighted by Gasteiger charge is -2.35. The summed E-state index contributed by atoms with van der Waals surface area (Å²) in [5.41, 5.74) is 0.533. The Labute approximate surface area is 144 Å². The summed E-state index contributed by atoms with van der Waals surface area (Å²) >= 11 is 0. The van der Waals surface area contributed by atoms with Gasteiger partial charge in [-0.2, -0.15) is 0 Å². The number of hydrogen-bond acceptors (Lipinski definition) is 6. The molecule has 1 amide bonds. The molecule has 8 nitrogen and oxygen atoms in total. The lowest BCUT2D eigenvalue weighted by Crippen LogP contribution is -2.49. The summed E-state index contributed by atoms with van der Waals surface area (Å²) < 4.78 is 6.93. The number of aromatic nitrogens is 4. The number of rotatable bonds is 3. The van der Waals surface area contributed by atoms with Gasteiger partial charge in [0.15, 0.2) is 0 Å². The molecule has 3 aromatic heterocycles. The summed E-state index contributed by atoms with van der Waals surface area (Å²) in [4.78, 5) is 25.2. The van der Waals surface area contributed by atoms with E-state index in [9.17, 15) is 4.79 Å². The monoisotopic (exact) mass is 338 g/mol. The normalized spacial score (nSPS) is 14.8. The Hall–Kier alpha value is -3.16. The number of anilines is 1. The van der Waals surface area contributed by atoms with E-state index in [1.807, 2.05) is 40.1 Å². The predicted octanol–water partition coefficient (Wildman–Crippen LogP) is 1.53. The molecular formula is C17H18N6O2. The Kier molecular flexibility index (Phi) is 3.93. The molecule has 4 rings (SSSR count). The van der Waals surface area contributed by atoms with Gasteiger partial charge >= 0.3 is 0 Å². The summed E-state index contributed by atoms with van der Waals surface area (Å²) in [6.07, 6.45) is 6.95. The molecule has 0 spiro atoms. The second-order valence-corrected chi connectivity index (χ2v) is 5.90. The molecular weight excluding hydrogens is 320 g/mol. The van der Waals surface area contributed by atoms with E-state index in [-0.39, 0.29) is 5.91 Å². The summed E-state index contributed by atoms with van der Waals surface area (Å²) in [5.74, 6) is 2.22. The summed E-state index contributed by atoms with van der Waals surface area (Å²) in [6, 6.07) is 5.87. The van der Waals surface area contributed by atoms with Crippen molar-refractivity contribution in [2.45, 2.75) is 6.92 Å². The van der Waals surface area contributed by atoms with Crippen LogP contribution in [0.15, 0.2) is 47.6 Å². The van der Waals surface area contributed by atoms with Crippen molar-refractivity contribution in [1.82, 2.24) is 24.6 Å². The van der Waals surface area contributed by atoms with Gasteiger partial charge in [0.05, 0.1) is 6.20 Å². The van der Waals surface area contributed by atoms with Crippen molar-refractivity contribution < 1.29 is 9.32 Å². The van der Waals surface area contributed by atoms with Crippen molar-refractivity contribution in [2.75, 3.05) is 31.1 Å². The smallest absolute Gasteiger partial charge is 0.259 e. The lowest BCUT2D eigenvalue weighted by atomic mass is 10.2. The molecule has 1 saturated heterocycles. The predicted molar refractivity (Wildman–Crippen MR) is 90.7 cm³/mol. The van der Waals surface area contributed by atoms with Gasteiger partial charge in [-0.25, -0.2) is 9.97 Å². The van der Waals surface area contributed by atoms with Crippen LogP contribution < -0.4 is 4.90 Å². The van der Waals surface area contributed by atoms with Crippen LogP contribution in [0.2, 0.25) is 0 Å². The zero-order chi connectivity index (χ0) is 17.2. The number of amides is 1. The standard InChI is InChI=1S/C17H18N6O2/c1-13-14(11-20-25-13)17(24)23-8-6-22(7-9-23)16-10-15(18-12-19-16)21-4-2-3-5-21/h2-5,10-12H,6-9H2,1H3. The maximum atomic E-state index is 12.5. The zero-order valence-corrected chi connectivity index (χ0v) is 13.9. The highest BCUT2D eigenvalue weighted by Crippen LogP contribution is 2.18. The maximum absolute atomic E-state index is 12.5. The Morgan fingerprint density at radius 1 is 1.08 bits per heavy atom. The van der Waals surface area contributed by atoms with Crippen LogP contribution >= 0.6 is 0 Å². The molecule has 0 aromatic carbocycles. The van der Waals surface area contributed by atoms with Crippen molar-refractivity contribution in [3.05, 3.63) is 54.4 Å². The Morgan fingerprint density at radius 2 is 1.80 bits per heavy atom. The second kappa shape index (κ2) is 6.39. The van der Waals surface area contributed by atoms with Gasteiger partial charge in [-0.3, -0.25) is 4.79 Å². The molecule has 1 aliphatic rings. The quantitative estimate of drug-likeness (QED) is 0.720. The fraction of sp³-hybridized carbons (Fsp3) is 0.294. The highest BCUT2D eigenvalue weighted by Gasteiger charge is 2.25. The van der Waals surface area contributed by atoms with Crippen LogP contribution in [-0.4, -0.2) is 56.7 Å². The topological polar surface area (TPSA) is 80.3 Å². The number of carbonyl (C=O) groups excluding carboxylic acids is 1. The van der Waals surface area contributed by atoms with E-state index in [2.05, 4.69) is 20.0 Å². The van der Waals surface area contributed by atoms with Crippen LogP contribution in [0.1, 0.15) is 16.1 Å². The number of aryl methyl sites for hydroxylation is 1. The van der Waals surface area contributed by atoms with Gasteiger partial charge in [0, 0.05) is 44.6 Å². The van der Waals surface area contributed by atoms with Crippen LogP contribution in [0, 0.1) is 6.92 Å². The highest BCUT2D eigenvalue weighted by atomic mass is 16.5. The fourth-order valence-corrected chi connectivity index (χ4v) is 2.95. The van der Waals surface area contributed by atoms with Crippen LogP contribution in [0.3, 0.4) is 0 Å². The molecule has 128 valence electrons. The first kappa shape index (κ1) is 15.4. The van der Waals surface area contributed by atoms with E-state index in [0.29, 0.717) is 24.4 Å². The highest BCUT2D eigenvalue weighted by molar-refractivity contribution is 5.94. The van der Waals surface area contributed by atoms with Crippen molar-refractivity contribution in [3.8, 4) is 5.82 Å². The molecule has 4 heterocycles. The first-order valence-corrected chi connectivity index (χ1v) is 8.13. The third kappa shape index (κ3) is 2.98. The molecule has 0 radical (unpaired) electrons. The van der Waals surface area contributed by atoms with E-state index in [1.165, 1.54) is 6.20 Å². The van der Waals surface area contributed by atoms with E-state index >= 15 is 0 Å². The third-order valence-corrected chi connectivity index (χ3v) is 4.38. The molecule has 8 heteroatoms. The molecule has 1 aliphatic heterocycles. The van der Waals surface area contributed by atoms with Crippen molar-refractivity contribution >= 4 is 11.7 Å². The molecule has 1 fully saturated rings. The second-order valence-electron chi connectivity index (χ2n) is 5.90. The molecule has 0 saturated carbocycles. The van der Waals surface area contributed by atoms with Crippen LogP contribution in [-0.2, 0) is 0 Å². The number of piperazine rings is 1. The molecule has 0 N–H and O–H groups in total. The number of hydrogen-bond donors (Lipinski definition) is 0. The average molecular weight is 338 g/mol. The Morgan fingerprint density at radius 3 is 2.48 bits per heavy atom. The third-order valence-electron chi connectivity index (χ3n) is 4.38. The first-order valence-electron chi connectivity index (χ1n) is 8.13. The van der Waals surface area contributed by atoms with Gasteiger partial charge in [-0.1, -0.05) is 5.16 Å². The van der Waals surface area contributed by atoms with Crippen LogP contribution in [0.25, 0.3) is 5.82 Å². The molecule has 3 aromatic rings. The first-order chi connectivity index (χ1) is 12.2. The largest absolute Gasteiger partial charge is 0.361 e. The minimum Gasteiger partial charge on any atom is -0.361 e. The lowest BCUT2D eigenvalue weighted by molar-refractivity contribution is 0.0744.